The second kappa shape index (κ2) is 11.3. The summed E-state index contributed by atoms with van der Waals surface area (Å²) in [5.74, 6) is -2.45. The lowest BCUT2D eigenvalue weighted by atomic mass is 10.2. The first kappa shape index (κ1) is 26.6. The molecular weight excluding hydrogens is 505 g/mol. The number of fused-ring (bicyclic) bond motifs is 1. The highest BCUT2D eigenvalue weighted by molar-refractivity contribution is 5.89. The second-order valence-electron chi connectivity index (χ2n) is 8.15. The topological polar surface area (TPSA) is 84.2 Å². The first-order chi connectivity index (χ1) is 18.2. The molecule has 0 aliphatic carbocycles. The fourth-order valence-electron chi connectivity index (χ4n) is 3.51. The number of methoxy groups -OCH3 is 1. The van der Waals surface area contributed by atoms with Crippen molar-refractivity contribution in [3.05, 3.63) is 93.8 Å². The number of halogens is 3. The second-order valence-corrected chi connectivity index (χ2v) is 8.15. The largest absolute Gasteiger partial charge is 0.497 e. The Morgan fingerprint density at radius 1 is 0.947 bits per heavy atom. The van der Waals surface area contributed by atoms with Crippen LogP contribution in [0.1, 0.15) is 35.0 Å². The standard InChI is InChI=1S/C28H23F3O7/c1-3-13-35-27(33)18-7-9-19(10-8-18)37-25-24(32)22-12-11-21(15-23(22)38-26(25)28(29,30)31)36-16-17-5-4-6-20(14-17)34-2/h4-12,14-15H,3,13,16H2,1-2H3. The molecule has 198 valence electrons. The van der Waals surface area contributed by atoms with Crippen LogP contribution in [0.25, 0.3) is 11.0 Å². The third kappa shape index (κ3) is 6.08. The molecule has 0 aliphatic rings. The van der Waals surface area contributed by atoms with Crippen LogP contribution in [0.15, 0.2) is 75.9 Å². The van der Waals surface area contributed by atoms with Gasteiger partial charge in [-0.05, 0) is 60.5 Å². The van der Waals surface area contributed by atoms with Gasteiger partial charge in [-0.3, -0.25) is 4.79 Å². The minimum Gasteiger partial charge on any atom is -0.497 e. The van der Waals surface area contributed by atoms with Crippen LogP contribution in [0.3, 0.4) is 0 Å². The molecule has 0 bridgehead atoms. The Labute approximate surface area is 215 Å². The third-order valence-electron chi connectivity index (χ3n) is 5.37. The number of benzene rings is 3. The number of hydrogen-bond acceptors (Lipinski definition) is 7. The van der Waals surface area contributed by atoms with Crippen molar-refractivity contribution in [2.45, 2.75) is 26.1 Å². The van der Waals surface area contributed by atoms with Crippen LogP contribution in [0.4, 0.5) is 13.2 Å². The SMILES string of the molecule is CCCOC(=O)c1ccc(Oc2c(C(F)(F)F)oc3cc(OCc4cccc(OC)c4)ccc3c2=O)cc1. The highest BCUT2D eigenvalue weighted by Gasteiger charge is 2.40. The molecule has 0 spiro atoms. The Balaban J connectivity index is 1.62. The maximum atomic E-state index is 13.9. The first-order valence-electron chi connectivity index (χ1n) is 11.6. The number of ether oxygens (including phenoxy) is 4. The summed E-state index contributed by atoms with van der Waals surface area (Å²) in [5.41, 5.74) is -0.361. The summed E-state index contributed by atoms with van der Waals surface area (Å²) in [6, 6.07) is 16.3. The fourth-order valence-corrected chi connectivity index (χ4v) is 3.51. The van der Waals surface area contributed by atoms with Crippen molar-refractivity contribution in [1.82, 2.24) is 0 Å². The monoisotopic (exact) mass is 528 g/mol. The molecule has 38 heavy (non-hydrogen) atoms. The molecule has 7 nitrogen and oxygen atoms in total. The van der Waals surface area contributed by atoms with Crippen LogP contribution in [-0.4, -0.2) is 19.7 Å². The van der Waals surface area contributed by atoms with Gasteiger partial charge in [-0.15, -0.1) is 0 Å². The molecule has 1 heterocycles. The zero-order valence-electron chi connectivity index (χ0n) is 20.5. The molecule has 0 amide bonds. The molecule has 0 atom stereocenters. The van der Waals surface area contributed by atoms with Gasteiger partial charge in [0.05, 0.1) is 24.7 Å². The van der Waals surface area contributed by atoms with Gasteiger partial charge in [0, 0.05) is 6.07 Å². The molecule has 0 saturated heterocycles. The normalized spacial score (nSPS) is 11.3. The summed E-state index contributed by atoms with van der Waals surface area (Å²) in [7, 11) is 1.53. The smallest absolute Gasteiger partial charge is 0.453 e. The molecule has 0 N–H and O–H groups in total. The van der Waals surface area contributed by atoms with Crippen molar-refractivity contribution < 1.29 is 41.3 Å². The van der Waals surface area contributed by atoms with E-state index in [2.05, 4.69) is 0 Å². The van der Waals surface area contributed by atoms with Gasteiger partial charge in [0.15, 0.2) is 0 Å². The molecule has 3 aromatic carbocycles. The number of hydrogen-bond donors (Lipinski definition) is 0. The van der Waals surface area contributed by atoms with E-state index in [9.17, 15) is 22.8 Å². The van der Waals surface area contributed by atoms with Crippen LogP contribution in [-0.2, 0) is 17.5 Å². The number of esters is 1. The Morgan fingerprint density at radius 2 is 1.68 bits per heavy atom. The summed E-state index contributed by atoms with van der Waals surface area (Å²) in [5, 5.41) is -0.124. The minimum atomic E-state index is -5.02. The van der Waals surface area contributed by atoms with E-state index in [0.29, 0.717) is 12.2 Å². The van der Waals surface area contributed by atoms with Crippen molar-refractivity contribution in [3.8, 4) is 23.0 Å². The molecule has 1 aromatic heterocycles. The molecule has 10 heteroatoms. The van der Waals surface area contributed by atoms with Gasteiger partial charge in [0.25, 0.3) is 5.76 Å². The Morgan fingerprint density at radius 3 is 2.37 bits per heavy atom. The Kier molecular flexibility index (Phi) is 7.90. The van der Waals surface area contributed by atoms with E-state index in [4.69, 9.17) is 23.4 Å². The summed E-state index contributed by atoms with van der Waals surface area (Å²) in [4.78, 5) is 25.0. The van der Waals surface area contributed by atoms with Crippen LogP contribution in [0.2, 0.25) is 0 Å². The van der Waals surface area contributed by atoms with Gasteiger partial charge >= 0.3 is 12.1 Å². The Hall–Kier alpha value is -4.47. The van der Waals surface area contributed by atoms with E-state index in [-0.39, 0.29) is 41.2 Å². The van der Waals surface area contributed by atoms with Crippen molar-refractivity contribution in [2.24, 2.45) is 0 Å². The van der Waals surface area contributed by atoms with E-state index in [1.165, 1.54) is 49.6 Å². The van der Waals surface area contributed by atoms with E-state index < -0.39 is 29.1 Å². The summed E-state index contributed by atoms with van der Waals surface area (Å²) in [6.45, 7) is 2.19. The average Bonchev–Trinajstić information content (AvgIpc) is 2.91. The third-order valence-corrected chi connectivity index (χ3v) is 5.37. The maximum Gasteiger partial charge on any atom is 0.453 e. The van der Waals surface area contributed by atoms with Gasteiger partial charge in [0.2, 0.25) is 11.2 Å². The minimum absolute atomic E-state index is 0.0903. The van der Waals surface area contributed by atoms with E-state index in [1.54, 1.807) is 24.3 Å². The molecular formula is C28H23F3O7. The van der Waals surface area contributed by atoms with Crippen LogP contribution < -0.4 is 19.6 Å². The quantitative estimate of drug-likeness (QED) is 0.222. The molecule has 0 unspecified atom stereocenters. The summed E-state index contributed by atoms with van der Waals surface area (Å²) in [6.07, 6.45) is -4.38. The lowest BCUT2D eigenvalue weighted by molar-refractivity contribution is -0.154. The number of rotatable bonds is 9. The fraction of sp³-hybridized carbons (Fsp3) is 0.214. The van der Waals surface area contributed by atoms with E-state index in [1.807, 2.05) is 6.92 Å². The van der Waals surface area contributed by atoms with Crippen molar-refractivity contribution >= 4 is 16.9 Å². The number of carbonyl (C=O) groups excluding carboxylic acids is 1. The van der Waals surface area contributed by atoms with Gasteiger partial charge in [-0.1, -0.05) is 19.1 Å². The molecule has 4 aromatic rings. The van der Waals surface area contributed by atoms with Crippen LogP contribution in [0, 0.1) is 0 Å². The summed E-state index contributed by atoms with van der Waals surface area (Å²) < 4.78 is 67.9. The zero-order chi connectivity index (χ0) is 27.3. The predicted molar refractivity (Wildman–Crippen MR) is 132 cm³/mol. The van der Waals surface area contributed by atoms with E-state index >= 15 is 0 Å². The molecule has 4 rings (SSSR count). The van der Waals surface area contributed by atoms with Gasteiger partial charge in [-0.25, -0.2) is 4.79 Å². The highest BCUT2D eigenvalue weighted by Crippen LogP contribution is 2.38. The molecule has 0 aliphatic heterocycles. The Bertz CT molecular complexity index is 1490. The predicted octanol–water partition coefficient (Wildman–Crippen LogP) is 6.76. The molecule has 0 saturated carbocycles. The van der Waals surface area contributed by atoms with Gasteiger partial charge in [0.1, 0.15) is 29.4 Å². The molecule has 0 radical (unpaired) electrons. The van der Waals surface area contributed by atoms with Crippen LogP contribution in [0.5, 0.6) is 23.0 Å². The van der Waals surface area contributed by atoms with Gasteiger partial charge < -0.3 is 23.4 Å². The number of carbonyl (C=O) groups is 1. The van der Waals surface area contributed by atoms with Crippen molar-refractivity contribution in [1.29, 1.82) is 0 Å². The van der Waals surface area contributed by atoms with Crippen molar-refractivity contribution in [2.75, 3.05) is 13.7 Å². The lowest BCUT2D eigenvalue weighted by Crippen LogP contribution is -2.15. The van der Waals surface area contributed by atoms with Gasteiger partial charge in [-0.2, -0.15) is 13.2 Å². The first-order valence-corrected chi connectivity index (χ1v) is 11.6. The summed E-state index contributed by atoms with van der Waals surface area (Å²) >= 11 is 0. The molecule has 0 fully saturated rings. The number of alkyl halides is 3. The van der Waals surface area contributed by atoms with Crippen molar-refractivity contribution in [3.63, 3.8) is 0 Å². The van der Waals surface area contributed by atoms with Crippen LogP contribution >= 0.6 is 0 Å². The van der Waals surface area contributed by atoms with E-state index in [0.717, 1.165) is 5.56 Å². The highest BCUT2D eigenvalue weighted by atomic mass is 19.4. The maximum absolute atomic E-state index is 13.9. The average molecular weight is 528 g/mol. The lowest BCUT2D eigenvalue weighted by Gasteiger charge is -2.14. The zero-order valence-corrected chi connectivity index (χ0v) is 20.5.